The van der Waals surface area contributed by atoms with E-state index in [1.807, 2.05) is 0 Å². The molecule has 6 heteroatoms. The van der Waals surface area contributed by atoms with Gasteiger partial charge in [-0.25, -0.2) is 4.98 Å². The smallest absolute Gasteiger partial charge is 0.384 e. The Morgan fingerprint density at radius 1 is 1.36 bits per heavy atom. The molecule has 0 spiro atoms. The van der Waals surface area contributed by atoms with Gasteiger partial charge in [-0.2, -0.15) is 13.2 Å². The number of hydrogen-bond acceptors (Lipinski definition) is 3. The Kier molecular flexibility index (Phi) is 2.66. The second-order valence-corrected chi connectivity index (χ2v) is 3.00. The average Bonchev–Trinajstić information content (AvgIpc) is 2.01. The van der Waals surface area contributed by atoms with Crippen molar-refractivity contribution in [1.29, 1.82) is 0 Å². The summed E-state index contributed by atoms with van der Waals surface area (Å²) in [7, 11) is 0. The van der Waals surface area contributed by atoms with E-state index in [2.05, 4.69) is 4.98 Å². The number of aromatic nitrogens is 1. The summed E-state index contributed by atoms with van der Waals surface area (Å²) >= 11 is 0. The number of alkyl halides is 3. The molecule has 0 amide bonds. The first-order valence-corrected chi connectivity index (χ1v) is 3.91. The van der Waals surface area contributed by atoms with Crippen molar-refractivity contribution in [2.24, 2.45) is 5.73 Å². The van der Waals surface area contributed by atoms with Crippen LogP contribution in [-0.4, -0.2) is 4.98 Å². The van der Waals surface area contributed by atoms with Crippen LogP contribution in [-0.2, 0) is 6.18 Å². The lowest BCUT2D eigenvalue weighted by Gasteiger charge is -2.11. The summed E-state index contributed by atoms with van der Waals surface area (Å²) in [6.07, 6.45) is -4.49. The van der Waals surface area contributed by atoms with Crippen LogP contribution >= 0.6 is 0 Å². The van der Waals surface area contributed by atoms with E-state index in [0.29, 0.717) is 5.56 Å². The van der Waals surface area contributed by atoms with Crippen molar-refractivity contribution >= 4 is 5.82 Å². The maximum Gasteiger partial charge on any atom is 0.433 e. The lowest BCUT2D eigenvalue weighted by Crippen LogP contribution is -2.13. The zero-order chi connectivity index (χ0) is 10.9. The molecule has 0 saturated carbocycles. The van der Waals surface area contributed by atoms with Gasteiger partial charge < -0.3 is 11.5 Å². The summed E-state index contributed by atoms with van der Waals surface area (Å²) < 4.78 is 36.8. The van der Waals surface area contributed by atoms with Crippen LogP contribution in [0.15, 0.2) is 12.1 Å². The fourth-order valence-electron chi connectivity index (χ4n) is 0.982. The first-order chi connectivity index (χ1) is 6.30. The monoisotopic (exact) mass is 205 g/mol. The molecule has 14 heavy (non-hydrogen) atoms. The molecular formula is C8H10F3N3. The molecule has 78 valence electrons. The number of anilines is 1. The van der Waals surface area contributed by atoms with Crippen molar-refractivity contribution in [3.05, 3.63) is 23.4 Å². The average molecular weight is 205 g/mol. The Balaban J connectivity index is 3.21. The van der Waals surface area contributed by atoms with Crippen molar-refractivity contribution in [1.82, 2.24) is 4.98 Å². The highest BCUT2D eigenvalue weighted by molar-refractivity contribution is 5.37. The van der Waals surface area contributed by atoms with Gasteiger partial charge in [0, 0.05) is 6.04 Å². The highest BCUT2D eigenvalue weighted by Crippen LogP contribution is 2.29. The number of nitrogen functional groups attached to an aromatic ring is 1. The molecule has 1 atom stereocenters. The molecule has 0 saturated heterocycles. The van der Waals surface area contributed by atoms with Gasteiger partial charge in [-0.3, -0.25) is 0 Å². The molecule has 1 aromatic heterocycles. The topological polar surface area (TPSA) is 64.9 Å². The van der Waals surface area contributed by atoms with Crippen LogP contribution in [0.1, 0.15) is 24.2 Å². The van der Waals surface area contributed by atoms with E-state index in [0.717, 1.165) is 6.07 Å². The van der Waals surface area contributed by atoms with Gasteiger partial charge in [-0.05, 0) is 24.6 Å². The lowest BCUT2D eigenvalue weighted by atomic mass is 10.1. The van der Waals surface area contributed by atoms with E-state index in [-0.39, 0.29) is 5.82 Å². The fraction of sp³-hybridized carbons (Fsp3) is 0.375. The van der Waals surface area contributed by atoms with Crippen molar-refractivity contribution in [2.45, 2.75) is 19.1 Å². The normalized spacial score (nSPS) is 14.1. The number of hydrogen-bond donors (Lipinski definition) is 2. The quantitative estimate of drug-likeness (QED) is 0.733. The van der Waals surface area contributed by atoms with Crippen LogP contribution in [0.4, 0.5) is 19.0 Å². The molecule has 1 unspecified atom stereocenters. The summed E-state index contributed by atoms with van der Waals surface area (Å²) in [4.78, 5) is 3.18. The molecule has 1 aromatic rings. The van der Waals surface area contributed by atoms with Crippen LogP contribution in [0.3, 0.4) is 0 Å². The van der Waals surface area contributed by atoms with Gasteiger partial charge in [-0.1, -0.05) is 0 Å². The molecule has 0 aliphatic heterocycles. The lowest BCUT2D eigenvalue weighted by molar-refractivity contribution is -0.141. The molecule has 0 aliphatic carbocycles. The largest absolute Gasteiger partial charge is 0.433 e. The third kappa shape index (κ3) is 2.35. The van der Waals surface area contributed by atoms with Gasteiger partial charge >= 0.3 is 6.18 Å². The van der Waals surface area contributed by atoms with Gasteiger partial charge in [0.2, 0.25) is 0 Å². The molecule has 1 rings (SSSR count). The first kappa shape index (κ1) is 10.8. The molecule has 0 aliphatic rings. The van der Waals surface area contributed by atoms with E-state index in [4.69, 9.17) is 11.5 Å². The predicted octanol–water partition coefficient (Wildman–Crippen LogP) is 1.70. The zero-order valence-electron chi connectivity index (χ0n) is 7.47. The van der Waals surface area contributed by atoms with Crippen LogP contribution in [0, 0.1) is 0 Å². The fourth-order valence-corrected chi connectivity index (χ4v) is 0.982. The van der Waals surface area contributed by atoms with Crippen molar-refractivity contribution in [3.63, 3.8) is 0 Å². The highest BCUT2D eigenvalue weighted by Gasteiger charge is 2.33. The minimum atomic E-state index is -4.49. The number of nitrogens with zero attached hydrogens (tertiary/aromatic N) is 1. The minimum Gasteiger partial charge on any atom is -0.384 e. The van der Waals surface area contributed by atoms with E-state index in [1.165, 1.54) is 6.07 Å². The Labute approximate surface area is 78.9 Å². The van der Waals surface area contributed by atoms with E-state index in [9.17, 15) is 13.2 Å². The Morgan fingerprint density at radius 2 is 1.93 bits per heavy atom. The number of halogens is 3. The van der Waals surface area contributed by atoms with Gasteiger partial charge in [0.1, 0.15) is 11.5 Å². The third-order valence-electron chi connectivity index (χ3n) is 1.68. The SMILES string of the molecule is CC(N)c1cc(N)nc(C(F)(F)F)c1. The molecule has 0 aromatic carbocycles. The van der Waals surface area contributed by atoms with Crippen LogP contribution in [0.25, 0.3) is 0 Å². The highest BCUT2D eigenvalue weighted by atomic mass is 19.4. The molecular weight excluding hydrogens is 195 g/mol. The maximum absolute atomic E-state index is 12.3. The summed E-state index contributed by atoms with van der Waals surface area (Å²) in [6, 6.07) is 1.74. The molecule has 1 heterocycles. The summed E-state index contributed by atoms with van der Waals surface area (Å²) in [5.41, 5.74) is 9.99. The van der Waals surface area contributed by atoms with Crippen LogP contribution in [0.2, 0.25) is 0 Å². The molecule has 0 fully saturated rings. The second kappa shape index (κ2) is 3.45. The van der Waals surface area contributed by atoms with Crippen LogP contribution in [0.5, 0.6) is 0 Å². The van der Waals surface area contributed by atoms with E-state index < -0.39 is 17.9 Å². The van der Waals surface area contributed by atoms with Crippen molar-refractivity contribution in [3.8, 4) is 0 Å². The van der Waals surface area contributed by atoms with Crippen LogP contribution < -0.4 is 11.5 Å². The Hall–Kier alpha value is -1.30. The van der Waals surface area contributed by atoms with Gasteiger partial charge in [0.05, 0.1) is 0 Å². The predicted molar refractivity (Wildman–Crippen MR) is 46.3 cm³/mol. The number of pyridine rings is 1. The summed E-state index contributed by atoms with van der Waals surface area (Å²) in [6.45, 7) is 1.58. The van der Waals surface area contributed by atoms with E-state index >= 15 is 0 Å². The van der Waals surface area contributed by atoms with Crippen molar-refractivity contribution in [2.75, 3.05) is 5.73 Å². The Morgan fingerprint density at radius 3 is 2.36 bits per heavy atom. The third-order valence-corrected chi connectivity index (χ3v) is 1.68. The summed E-state index contributed by atoms with van der Waals surface area (Å²) in [5, 5.41) is 0. The van der Waals surface area contributed by atoms with E-state index in [1.54, 1.807) is 6.92 Å². The minimum absolute atomic E-state index is 0.174. The second-order valence-electron chi connectivity index (χ2n) is 3.00. The van der Waals surface area contributed by atoms with Crippen molar-refractivity contribution < 1.29 is 13.2 Å². The Bertz CT molecular complexity index is 333. The molecule has 3 nitrogen and oxygen atoms in total. The first-order valence-electron chi connectivity index (χ1n) is 3.91. The number of nitrogens with two attached hydrogens (primary N) is 2. The van der Waals surface area contributed by atoms with Gasteiger partial charge in [0.25, 0.3) is 0 Å². The molecule has 4 N–H and O–H groups in total. The van der Waals surface area contributed by atoms with Gasteiger partial charge in [0.15, 0.2) is 0 Å². The van der Waals surface area contributed by atoms with Gasteiger partial charge in [-0.15, -0.1) is 0 Å². The summed E-state index contributed by atoms with van der Waals surface area (Å²) in [5.74, 6) is -0.174. The maximum atomic E-state index is 12.3. The standard InChI is InChI=1S/C8H10F3N3/c1-4(12)5-2-6(8(9,10)11)14-7(13)3-5/h2-4H,12H2,1H3,(H2,13,14). The number of rotatable bonds is 1. The zero-order valence-corrected chi connectivity index (χ0v) is 7.47. The molecule has 0 radical (unpaired) electrons. The molecule has 0 bridgehead atoms.